The molecule has 0 bridgehead atoms. The zero-order valence-corrected chi connectivity index (χ0v) is 13.1. The highest BCUT2D eigenvalue weighted by Crippen LogP contribution is 2.36. The van der Waals surface area contributed by atoms with Gasteiger partial charge in [-0.2, -0.15) is 0 Å². The highest BCUT2D eigenvalue weighted by Gasteiger charge is 2.46. The third-order valence-corrected chi connectivity index (χ3v) is 6.23. The Bertz CT molecular complexity index is 246. The maximum absolute atomic E-state index is 6.14. The fraction of sp³-hybridized carbons (Fsp3) is 1.00. The quantitative estimate of drug-likeness (QED) is 0.573. The molecule has 108 valence electrons. The van der Waals surface area contributed by atoms with Crippen LogP contribution in [0.1, 0.15) is 46.5 Å². The second-order valence-electron chi connectivity index (χ2n) is 5.35. The molecule has 1 heterocycles. The van der Waals surface area contributed by atoms with E-state index in [-0.39, 0.29) is 12.5 Å². The van der Waals surface area contributed by atoms with Crippen LogP contribution in [0.25, 0.3) is 0 Å². The van der Waals surface area contributed by atoms with Crippen molar-refractivity contribution in [2.75, 3.05) is 0 Å². The Balaban J connectivity index is 2.63. The van der Waals surface area contributed by atoms with E-state index in [0.29, 0.717) is 0 Å². The van der Waals surface area contributed by atoms with Gasteiger partial charge in [-0.15, -0.1) is 0 Å². The maximum atomic E-state index is 6.14. The van der Waals surface area contributed by atoms with E-state index >= 15 is 0 Å². The van der Waals surface area contributed by atoms with Crippen LogP contribution in [-0.2, 0) is 13.6 Å². The van der Waals surface area contributed by atoms with Crippen LogP contribution in [-0.4, -0.2) is 26.8 Å². The van der Waals surface area contributed by atoms with Crippen molar-refractivity contribution in [3.05, 3.63) is 0 Å². The lowest BCUT2D eigenvalue weighted by Crippen LogP contribution is -2.56. The van der Waals surface area contributed by atoms with Gasteiger partial charge in [-0.25, -0.2) is 0 Å². The summed E-state index contributed by atoms with van der Waals surface area (Å²) in [5, 5.41) is 0. The van der Waals surface area contributed by atoms with Crippen LogP contribution in [0.2, 0.25) is 12.6 Å². The molecule has 0 spiro atoms. The SMILES string of the molecule is CCC(N)OC1(C)CCC[Si](C)(OC(N)CC)O1. The molecule has 0 aromatic rings. The van der Waals surface area contributed by atoms with E-state index in [1.54, 1.807) is 0 Å². The van der Waals surface area contributed by atoms with Crippen LogP contribution in [0.4, 0.5) is 0 Å². The van der Waals surface area contributed by atoms with Crippen molar-refractivity contribution in [3.63, 3.8) is 0 Å². The van der Waals surface area contributed by atoms with Gasteiger partial charge in [0, 0.05) is 6.42 Å². The Labute approximate surface area is 111 Å². The summed E-state index contributed by atoms with van der Waals surface area (Å²) in [5.41, 5.74) is 11.7. The molecular formula is C12H28N2O3Si. The summed E-state index contributed by atoms with van der Waals surface area (Å²) < 4.78 is 17.9. The average Bonchev–Trinajstić information content (AvgIpc) is 2.27. The first-order chi connectivity index (χ1) is 8.32. The van der Waals surface area contributed by atoms with Gasteiger partial charge in [-0.3, -0.25) is 0 Å². The molecule has 5 nitrogen and oxygen atoms in total. The molecular weight excluding hydrogens is 248 g/mol. The van der Waals surface area contributed by atoms with Gasteiger partial charge >= 0.3 is 8.56 Å². The summed E-state index contributed by atoms with van der Waals surface area (Å²) in [4.78, 5) is 0. The van der Waals surface area contributed by atoms with Crippen molar-refractivity contribution in [3.8, 4) is 0 Å². The van der Waals surface area contributed by atoms with Crippen LogP contribution < -0.4 is 11.5 Å². The van der Waals surface area contributed by atoms with Gasteiger partial charge in [-0.1, -0.05) is 13.8 Å². The molecule has 0 radical (unpaired) electrons. The Kier molecular flexibility index (Phi) is 5.76. The summed E-state index contributed by atoms with van der Waals surface area (Å²) in [6, 6.07) is 0.959. The summed E-state index contributed by atoms with van der Waals surface area (Å²) in [5.74, 6) is -0.623. The van der Waals surface area contributed by atoms with E-state index in [1.165, 1.54) is 0 Å². The van der Waals surface area contributed by atoms with E-state index in [1.807, 2.05) is 20.8 Å². The molecule has 6 heteroatoms. The number of hydrogen-bond acceptors (Lipinski definition) is 5. The molecule has 0 aromatic heterocycles. The Morgan fingerprint density at radius 1 is 1.28 bits per heavy atom. The van der Waals surface area contributed by atoms with E-state index in [0.717, 1.165) is 31.7 Å². The van der Waals surface area contributed by atoms with E-state index < -0.39 is 14.3 Å². The molecule has 4 atom stereocenters. The maximum Gasteiger partial charge on any atom is 0.338 e. The predicted molar refractivity (Wildman–Crippen MR) is 73.9 cm³/mol. The normalized spacial score (nSPS) is 36.3. The zero-order valence-electron chi connectivity index (χ0n) is 12.1. The van der Waals surface area contributed by atoms with Crippen molar-refractivity contribution in [2.24, 2.45) is 11.5 Å². The molecule has 4 N–H and O–H groups in total. The van der Waals surface area contributed by atoms with Gasteiger partial charge in [0.25, 0.3) is 0 Å². The number of nitrogens with two attached hydrogens (primary N) is 2. The lowest BCUT2D eigenvalue weighted by Gasteiger charge is -2.44. The molecule has 1 saturated heterocycles. The first-order valence-electron chi connectivity index (χ1n) is 6.89. The Hall–Kier alpha value is 0.0169. The summed E-state index contributed by atoms with van der Waals surface area (Å²) in [7, 11) is -2.24. The third kappa shape index (κ3) is 4.60. The van der Waals surface area contributed by atoms with Gasteiger partial charge in [0.1, 0.15) is 6.23 Å². The first-order valence-corrected chi connectivity index (χ1v) is 9.42. The number of rotatable bonds is 6. The van der Waals surface area contributed by atoms with Crippen LogP contribution in [0, 0.1) is 0 Å². The first kappa shape index (κ1) is 16.1. The Morgan fingerprint density at radius 2 is 1.89 bits per heavy atom. The van der Waals surface area contributed by atoms with Crippen molar-refractivity contribution in [1.29, 1.82) is 0 Å². The second kappa shape index (κ2) is 6.45. The third-order valence-electron chi connectivity index (χ3n) is 3.30. The second-order valence-corrected chi connectivity index (χ2v) is 8.56. The lowest BCUT2D eigenvalue weighted by atomic mass is 10.2. The largest absolute Gasteiger partial charge is 0.378 e. The van der Waals surface area contributed by atoms with Crippen LogP contribution in [0.3, 0.4) is 0 Å². The lowest BCUT2D eigenvalue weighted by molar-refractivity contribution is -0.224. The molecule has 0 amide bonds. The van der Waals surface area contributed by atoms with Gasteiger partial charge in [0.05, 0.1) is 6.23 Å². The van der Waals surface area contributed by atoms with Crippen LogP contribution in [0.15, 0.2) is 0 Å². The molecule has 0 aromatic carbocycles. The van der Waals surface area contributed by atoms with Gasteiger partial charge in [-0.05, 0) is 38.8 Å². The Morgan fingerprint density at radius 3 is 2.44 bits per heavy atom. The fourth-order valence-electron chi connectivity index (χ4n) is 2.26. The number of ether oxygens (including phenoxy) is 1. The number of hydrogen-bond donors (Lipinski definition) is 2. The molecule has 4 unspecified atom stereocenters. The standard InChI is InChI=1S/C12H28N2O3Si/c1-5-10(13)15-12(3)8-7-9-18(4,17-12)16-11(14)6-2/h10-11H,5-9,13-14H2,1-4H3. The molecule has 1 rings (SSSR count). The van der Waals surface area contributed by atoms with Gasteiger partial charge in [0.15, 0.2) is 5.79 Å². The monoisotopic (exact) mass is 276 g/mol. The highest BCUT2D eigenvalue weighted by molar-refractivity contribution is 6.66. The summed E-state index contributed by atoms with van der Waals surface area (Å²) in [6.45, 7) is 8.01. The van der Waals surface area contributed by atoms with Crippen molar-refractivity contribution >= 4 is 8.56 Å². The topological polar surface area (TPSA) is 79.7 Å². The summed E-state index contributed by atoms with van der Waals surface area (Å²) >= 11 is 0. The molecule has 1 fully saturated rings. The fourth-order valence-corrected chi connectivity index (χ4v) is 5.22. The predicted octanol–water partition coefficient (Wildman–Crippen LogP) is 2.01. The van der Waals surface area contributed by atoms with E-state index in [4.69, 9.17) is 25.1 Å². The van der Waals surface area contributed by atoms with E-state index in [9.17, 15) is 0 Å². The smallest absolute Gasteiger partial charge is 0.338 e. The minimum atomic E-state index is -2.24. The zero-order chi connectivity index (χ0) is 13.8. The van der Waals surface area contributed by atoms with Crippen LogP contribution in [0.5, 0.6) is 0 Å². The molecule has 18 heavy (non-hydrogen) atoms. The van der Waals surface area contributed by atoms with Crippen molar-refractivity contribution in [1.82, 2.24) is 0 Å². The molecule has 0 saturated carbocycles. The van der Waals surface area contributed by atoms with Gasteiger partial charge in [0.2, 0.25) is 0 Å². The minimum Gasteiger partial charge on any atom is -0.378 e. The molecule has 0 aliphatic carbocycles. The van der Waals surface area contributed by atoms with E-state index in [2.05, 4.69) is 6.55 Å². The average molecular weight is 276 g/mol. The highest BCUT2D eigenvalue weighted by atomic mass is 28.4. The van der Waals surface area contributed by atoms with Crippen molar-refractivity contribution in [2.45, 2.75) is 77.3 Å². The van der Waals surface area contributed by atoms with Crippen molar-refractivity contribution < 1.29 is 13.6 Å². The molecule has 1 aliphatic rings. The summed E-state index contributed by atoms with van der Waals surface area (Å²) in [6.07, 6.45) is 2.92. The minimum absolute atomic E-state index is 0.246. The van der Waals surface area contributed by atoms with Gasteiger partial charge < -0.3 is 25.1 Å². The van der Waals surface area contributed by atoms with Crippen LogP contribution >= 0.6 is 0 Å². The molecule has 1 aliphatic heterocycles.